The Morgan fingerprint density at radius 3 is 2.66 bits per heavy atom. The van der Waals surface area contributed by atoms with Gasteiger partial charge in [0.05, 0.1) is 18.6 Å². The van der Waals surface area contributed by atoms with E-state index < -0.39 is 0 Å². The van der Waals surface area contributed by atoms with E-state index in [1.165, 1.54) is 24.6 Å². The van der Waals surface area contributed by atoms with Gasteiger partial charge in [0.25, 0.3) is 0 Å². The van der Waals surface area contributed by atoms with Gasteiger partial charge in [0.2, 0.25) is 17.6 Å². The fourth-order valence-corrected chi connectivity index (χ4v) is 4.80. The second-order valence-electron chi connectivity index (χ2n) is 8.45. The van der Waals surface area contributed by atoms with Crippen LogP contribution in [-0.2, 0) is 17.9 Å². The molecule has 0 bridgehead atoms. The molecular weight excluding hydrogens is 462 g/mol. The number of aromatic nitrogens is 4. The smallest absolute Gasteiger partial charge is 0.230 e. The second-order valence-corrected chi connectivity index (χ2v) is 9.39. The molecule has 1 aliphatic rings. The number of nitrogens with zero attached hydrogens (tertiary/aromatic N) is 4. The van der Waals surface area contributed by atoms with E-state index in [1.807, 2.05) is 59.2 Å². The Bertz CT molecular complexity index is 1220. The summed E-state index contributed by atoms with van der Waals surface area (Å²) in [5.41, 5.74) is 2.04. The van der Waals surface area contributed by atoms with Crippen molar-refractivity contribution >= 4 is 17.7 Å². The third-order valence-electron chi connectivity index (χ3n) is 5.85. The summed E-state index contributed by atoms with van der Waals surface area (Å²) in [4.78, 5) is 16.9. The molecule has 180 valence electrons. The molecule has 0 unspecified atom stereocenters. The molecule has 8 nitrogen and oxygen atoms in total. The number of thioether (sulfide) groups is 1. The Morgan fingerprint density at radius 1 is 1.06 bits per heavy atom. The highest BCUT2D eigenvalue weighted by atomic mass is 32.2. The van der Waals surface area contributed by atoms with Gasteiger partial charge in [0, 0.05) is 18.8 Å². The largest absolute Gasteiger partial charge is 0.474 e. The Balaban J connectivity index is 1.17. The lowest BCUT2D eigenvalue weighted by Crippen LogP contribution is -2.24. The summed E-state index contributed by atoms with van der Waals surface area (Å²) in [5.74, 6) is 2.05. The number of benzene rings is 1. The van der Waals surface area contributed by atoms with Crippen molar-refractivity contribution in [3.05, 3.63) is 78.2 Å². The zero-order chi connectivity index (χ0) is 23.9. The minimum atomic E-state index is -0.0879. The van der Waals surface area contributed by atoms with E-state index in [4.69, 9.17) is 9.15 Å². The zero-order valence-electron chi connectivity index (χ0n) is 19.3. The minimum Gasteiger partial charge on any atom is -0.474 e. The van der Waals surface area contributed by atoms with Crippen molar-refractivity contribution < 1.29 is 13.9 Å². The molecule has 3 heterocycles. The molecule has 1 saturated carbocycles. The molecule has 0 aliphatic heterocycles. The van der Waals surface area contributed by atoms with E-state index in [2.05, 4.69) is 20.5 Å². The second kappa shape index (κ2) is 11.2. The average Bonchev–Trinajstić information content (AvgIpc) is 3.66. The number of hydrogen-bond donors (Lipinski definition) is 1. The number of rotatable bonds is 10. The standard InChI is InChI=1S/C26H27N5O3S/c32-23(27-15-20-12-13-24(28-16-20)34-21-9-4-5-10-21)18-35-26-30-29-25(22-11-6-14-33-22)31(26)17-19-7-2-1-3-8-19/h1-3,6-8,11-14,16,21H,4-5,9-10,15,17-18H2,(H,27,32). The average molecular weight is 490 g/mol. The lowest BCUT2D eigenvalue weighted by Gasteiger charge is -2.12. The highest BCUT2D eigenvalue weighted by Gasteiger charge is 2.18. The SMILES string of the molecule is O=C(CSc1nnc(-c2ccco2)n1Cc1ccccc1)NCc1ccc(OC2CCCC2)nc1. The van der Waals surface area contributed by atoms with Crippen molar-refractivity contribution in [1.29, 1.82) is 0 Å². The van der Waals surface area contributed by atoms with Crippen molar-refractivity contribution in [2.75, 3.05) is 5.75 Å². The number of furan rings is 1. The summed E-state index contributed by atoms with van der Waals surface area (Å²) in [6.45, 7) is 0.985. The van der Waals surface area contributed by atoms with Crippen LogP contribution in [0.2, 0.25) is 0 Å². The topological polar surface area (TPSA) is 95.1 Å². The summed E-state index contributed by atoms with van der Waals surface area (Å²) in [6, 6.07) is 17.5. The lowest BCUT2D eigenvalue weighted by atomic mass is 10.2. The minimum absolute atomic E-state index is 0.0879. The summed E-state index contributed by atoms with van der Waals surface area (Å²) < 4.78 is 13.4. The Kier molecular flexibility index (Phi) is 7.43. The first-order chi connectivity index (χ1) is 17.2. The van der Waals surface area contributed by atoms with Crippen molar-refractivity contribution in [1.82, 2.24) is 25.1 Å². The molecular formula is C26H27N5O3S. The van der Waals surface area contributed by atoms with Gasteiger partial charge in [-0.2, -0.15) is 0 Å². The molecule has 0 spiro atoms. The lowest BCUT2D eigenvalue weighted by molar-refractivity contribution is -0.118. The van der Waals surface area contributed by atoms with Gasteiger partial charge in [-0.05, 0) is 48.9 Å². The van der Waals surface area contributed by atoms with Gasteiger partial charge in [-0.3, -0.25) is 9.36 Å². The predicted octanol–water partition coefficient (Wildman–Crippen LogP) is 4.71. The highest BCUT2D eigenvalue weighted by molar-refractivity contribution is 7.99. The molecule has 1 fully saturated rings. The molecule has 0 radical (unpaired) electrons. The Hall–Kier alpha value is -3.59. The van der Waals surface area contributed by atoms with Gasteiger partial charge < -0.3 is 14.5 Å². The fourth-order valence-electron chi connectivity index (χ4n) is 4.04. The Labute approximate surface area is 208 Å². The maximum Gasteiger partial charge on any atom is 0.230 e. The van der Waals surface area contributed by atoms with Gasteiger partial charge in [-0.25, -0.2) is 4.98 Å². The van der Waals surface area contributed by atoms with E-state index in [0.29, 0.717) is 35.7 Å². The number of carbonyl (C=O) groups is 1. The molecule has 9 heteroatoms. The van der Waals surface area contributed by atoms with Gasteiger partial charge in [0.15, 0.2) is 10.9 Å². The number of amides is 1. The van der Waals surface area contributed by atoms with Gasteiger partial charge in [-0.15, -0.1) is 10.2 Å². The normalized spacial score (nSPS) is 13.7. The molecule has 35 heavy (non-hydrogen) atoms. The number of hydrogen-bond acceptors (Lipinski definition) is 7. The monoisotopic (exact) mass is 489 g/mol. The third kappa shape index (κ3) is 6.10. The van der Waals surface area contributed by atoms with E-state index in [9.17, 15) is 4.79 Å². The first kappa shape index (κ1) is 23.2. The van der Waals surface area contributed by atoms with E-state index in [-0.39, 0.29) is 17.8 Å². The molecule has 1 aliphatic carbocycles. The van der Waals surface area contributed by atoms with Gasteiger partial charge >= 0.3 is 0 Å². The van der Waals surface area contributed by atoms with Crippen molar-refractivity contribution in [2.45, 2.75) is 50.0 Å². The van der Waals surface area contributed by atoms with Crippen LogP contribution in [0.1, 0.15) is 36.8 Å². The van der Waals surface area contributed by atoms with Crippen LogP contribution in [-0.4, -0.2) is 37.5 Å². The quantitative estimate of drug-likeness (QED) is 0.322. The number of pyridine rings is 1. The van der Waals surface area contributed by atoms with Crippen LogP contribution in [0.3, 0.4) is 0 Å². The molecule has 1 aromatic carbocycles. The van der Waals surface area contributed by atoms with E-state index in [0.717, 1.165) is 24.0 Å². The summed E-state index contributed by atoms with van der Waals surface area (Å²) in [6.07, 6.45) is 8.28. The van der Waals surface area contributed by atoms with Crippen LogP contribution >= 0.6 is 11.8 Å². The van der Waals surface area contributed by atoms with Crippen LogP contribution < -0.4 is 10.1 Å². The molecule has 1 N–H and O–H groups in total. The van der Waals surface area contributed by atoms with Gasteiger partial charge in [0.1, 0.15) is 6.10 Å². The van der Waals surface area contributed by atoms with Crippen LogP contribution in [0.25, 0.3) is 11.6 Å². The Morgan fingerprint density at radius 2 is 1.91 bits per heavy atom. The highest BCUT2D eigenvalue weighted by Crippen LogP contribution is 2.26. The van der Waals surface area contributed by atoms with Crippen molar-refractivity contribution in [3.63, 3.8) is 0 Å². The number of nitrogens with one attached hydrogen (secondary N) is 1. The maximum atomic E-state index is 12.5. The third-order valence-corrected chi connectivity index (χ3v) is 6.82. The molecule has 5 rings (SSSR count). The van der Waals surface area contributed by atoms with Crippen molar-refractivity contribution in [3.8, 4) is 17.5 Å². The summed E-state index contributed by atoms with van der Waals surface area (Å²) in [7, 11) is 0. The predicted molar refractivity (Wildman–Crippen MR) is 133 cm³/mol. The zero-order valence-corrected chi connectivity index (χ0v) is 20.1. The number of ether oxygens (including phenoxy) is 1. The molecule has 3 aromatic heterocycles. The van der Waals surface area contributed by atoms with Crippen LogP contribution in [0.4, 0.5) is 0 Å². The molecule has 1 amide bonds. The maximum absolute atomic E-state index is 12.5. The van der Waals surface area contributed by atoms with Crippen LogP contribution in [0, 0.1) is 0 Å². The summed E-state index contributed by atoms with van der Waals surface area (Å²) >= 11 is 1.35. The summed E-state index contributed by atoms with van der Waals surface area (Å²) in [5, 5.41) is 12.2. The molecule has 0 atom stereocenters. The van der Waals surface area contributed by atoms with Crippen LogP contribution in [0.5, 0.6) is 5.88 Å². The van der Waals surface area contributed by atoms with Gasteiger partial charge in [-0.1, -0.05) is 48.2 Å². The van der Waals surface area contributed by atoms with Crippen molar-refractivity contribution in [2.24, 2.45) is 0 Å². The van der Waals surface area contributed by atoms with E-state index in [1.54, 1.807) is 12.5 Å². The molecule has 4 aromatic rings. The van der Waals surface area contributed by atoms with Crippen LogP contribution in [0.15, 0.2) is 76.6 Å². The molecule has 0 saturated heterocycles. The fraction of sp³-hybridized carbons (Fsp3) is 0.308. The van der Waals surface area contributed by atoms with E-state index >= 15 is 0 Å². The number of carbonyl (C=O) groups excluding carboxylic acids is 1. The first-order valence-corrected chi connectivity index (χ1v) is 12.8. The first-order valence-electron chi connectivity index (χ1n) is 11.8.